The zero-order valence-electron chi connectivity index (χ0n) is 12.1. The SMILES string of the molecule is O=C(NC1CCS(=O)(=O)C1)c1ccc(COCC(F)(F)F)cc1. The van der Waals surface area contributed by atoms with E-state index >= 15 is 0 Å². The maximum atomic E-state index is 12.0. The van der Waals surface area contributed by atoms with Crippen LogP contribution in [0.1, 0.15) is 22.3 Å². The molecule has 128 valence electrons. The topological polar surface area (TPSA) is 72.5 Å². The van der Waals surface area contributed by atoms with Gasteiger partial charge in [-0.3, -0.25) is 4.79 Å². The second-order valence-corrected chi connectivity index (χ2v) is 7.61. The Morgan fingerprint density at radius 3 is 2.43 bits per heavy atom. The molecule has 1 amide bonds. The standard InChI is InChI=1S/C14H16F3NO4S/c15-14(16,17)9-22-7-10-1-3-11(4-2-10)13(19)18-12-5-6-23(20,21)8-12/h1-4,12H,5-9H2,(H,18,19). The molecule has 1 unspecified atom stereocenters. The van der Waals surface area contributed by atoms with Crippen molar-refractivity contribution in [3.05, 3.63) is 35.4 Å². The molecule has 1 aromatic carbocycles. The van der Waals surface area contributed by atoms with Crippen LogP contribution in [0.2, 0.25) is 0 Å². The number of halogens is 3. The van der Waals surface area contributed by atoms with E-state index in [2.05, 4.69) is 10.1 Å². The maximum Gasteiger partial charge on any atom is 0.411 e. The minimum Gasteiger partial charge on any atom is -0.367 e. The minimum atomic E-state index is -4.37. The van der Waals surface area contributed by atoms with Crippen molar-refractivity contribution in [3.63, 3.8) is 0 Å². The highest BCUT2D eigenvalue weighted by atomic mass is 32.2. The molecule has 1 aliphatic heterocycles. The lowest BCUT2D eigenvalue weighted by molar-refractivity contribution is -0.176. The molecule has 1 fully saturated rings. The number of nitrogens with one attached hydrogen (secondary N) is 1. The first-order chi connectivity index (χ1) is 10.6. The Kier molecular flexibility index (Phi) is 5.30. The summed E-state index contributed by atoms with van der Waals surface area (Å²) in [7, 11) is -3.08. The van der Waals surface area contributed by atoms with Gasteiger partial charge in [-0.1, -0.05) is 12.1 Å². The van der Waals surface area contributed by atoms with Crippen LogP contribution in [0.15, 0.2) is 24.3 Å². The molecule has 1 heterocycles. The fraction of sp³-hybridized carbons (Fsp3) is 0.500. The second kappa shape index (κ2) is 6.88. The quantitative estimate of drug-likeness (QED) is 0.876. The fourth-order valence-corrected chi connectivity index (χ4v) is 3.89. The van der Waals surface area contributed by atoms with Crippen LogP contribution in [0.4, 0.5) is 13.2 Å². The first kappa shape index (κ1) is 17.7. The van der Waals surface area contributed by atoms with Crippen LogP contribution in [0.5, 0.6) is 0 Å². The molecule has 0 bridgehead atoms. The zero-order chi connectivity index (χ0) is 17.1. The number of benzene rings is 1. The Bertz CT molecular complexity index is 656. The fourth-order valence-electron chi connectivity index (χ4n) is 2.21. The van der Waals surface area contributed by atoms with Crippen molar-refractivity contribution in [1.29, 1.82) is 0 Å². The molecule has 1 N–H and O–H groups in total. The number of carbonyl (C=O) groups is 1. The zero-order valence-corrected chi connectivity index (χ0v) is 12.9. The summed E-state index contributed by atoms with van der Waals surface area (Å²) in [5.41, 5.74) is 0.822. The average Bonchev–Trinajstić information content (AvgIpc) is 2.77. The predicted molar refractivity (Wildman–Crippen MR) is 76.7 cm³/mol. The normalized spacial score (nSPS) is 20.4. The van der Waals surface area contributed by atoms with Crippen LogP contribution in [0, 0.1) is 0 Å². The third-order valence-electron chi connectivity index (χ3n) is 3.32. The summed E-state index contributed by atoms with van der Waals surface area (Å²) < 4.78 is 63.0. The number of alkyl halides is 3. The van der Waals surface area contributed by atoms with Gasteiger partial charge in [-0.25, -0.2) is 8.42 Å². The Morgan fingerprint density at radius 2 is 1.91 bits per heavy atom. The van der Waals surface area contributed by atoms with Gasteiger partial charge in [-0.05, 0) is 24.1 Å². The number of ether oxygens (including phenoxy) is 1. The van der Waals surface area contributed by atoms with Crippen LogP contribution in [0.25, 0.3) is 0 Å². The molecule has 1 saturated heterocycles. The molecule has 0 aliphatic carbocycles. The molecule has 5 nitrogen and oxygen atoms in total. The molecule has 0 radical (unpaired) electrons. The monoisotopic (exact) mass is 351 g/mol. The van der Waals surface area contributed by atoms with Gasteiger partial charge in [0.2, 0.25) is 0 Å². The molecule has 1 aliphatic rings. The van der Waals surface area contributed by atoms with Crippen LogP contribution < -0.4 is 5.32 Å². The number of rotatable bonds is 5. The molecule has 2 rings (SSSR count). The number of carbonyl (C=O) groups excluding carboxylic acids is 1. The van der Waals surface area contributed by atoms with Gasteiger partial charge in [-0.2, -0.15) is 13.2 Å². The van der Waals surface area contributed by atoms with E-state index < -0.39 is 34.6 Å². The predicted octanol–water partition coefficient (Wildman–Crippen LogP) is 1.68. The van der Waals surface area contributed by atoms with Crippen molar-refractivity contribution in [2.24, 2.45) is 0 Å². The van der Waals surface area contributed by atoms with Gasteiger partial charge in [0.1, 0.15) is 6.61 Å². The van der Waals surface area contributed by atoms with Crippen molar-refractivity contribution < 1.29 is 31.1 Å². The summed E-state index contributed by atoms with van der Waals surface area (Å²) in [5, 5.41) is 2.64. The Labute approximate surface area is 131 Å². The van der Waals surface area contributed by atoms with Crippen LogP contribution in [0.3, 0.4) is 0 Å². The van der Waals surface area contributed by atoms with Crippen molar-refractivity contribution in [3.8, 4) is 0 Å². The highest BCUT2D eigenvalue weighted by molar-refractivity contribution is 7.91. The highest BCUT2D eigenvalue weighted by Crippen LogP contribution is 2.16. The molecule has 0 saturated carbocycles. The van der Waals surface area contributed by atoms with Gasteiger partial charge in [0, 0.05) is 11.6 Å². The smallest absolute Gasteiger partial charge is 0.367 e. The van der Waals surface area contributed by atoms with Gasteiger partial charge < -0.3 is 10.1 Å². The van der Waals surface area contributed by atoms with E-state index in [9.17, 15) is 26.4 Å². The average molecular weight is 351 g/mol. The first-order valence-corrected chi connectivity index (χ1v) is 8.71. The Morgan fingerprint density at radius 1 is 1.26 bits per heavy atom. The van der Waals surface area contributed by atoms with Gasteiger partial charge in [0.05, 0.1) is 18.1 Å². The second-order valence-electron chi connectivity index (χ2n) is 5.38. The van der Waals surface area contributed by atoms with E-state index in [1.54, 1.807) is 0 Å². The molecule has 1 atom stereocenters. The first-order valence-electron chi connectivity index (χ1n) is 6.89. The summed E-state index contributed by atoms with van der Waals surface area (Å²) in [6, 6.07) is 5.52. The van der Waals surface area contributed by atoms with Crippen LogP contribution >= 0.6 is 0 Å². The number of sulfone groups is 1. The molecular formula is C14H16F3NO4S. The molecule has 0 spiro atoms. The summed E-state index contributed by atoms with van der Waals surface area (Å²) in [5.74, 6) is -0.412. The Balaban J connectivity index is 1.85. The van der Waals surface area contributed by atoms with Crippen LogP contribution in [-0.2, 0) is 21.2 Å². The highest BCUT2D eigenvalue weighted by Gasteiger charge is 2.29. The van der Waals surface area contributed by atoms with E-state index in [0.29, 0.717) is 17.5 Å². The lowest BCUT2D eigenvalue weighted by Gasteiger charge is -2.11. The summed E-state index contributed by atoms with van der Waals surface area (Å²) in [6.45, 7) is -1.53. The minimum absolute atomic E-state index is 0.0629. The summed E-state index contributed by atoms with van der Waals surface area (Å²) in [4.78, 5) is 12.0. The molecule has 1 aromatic rings. The third-order valence-corrected chi connectivity index (χ3v) is 5.09. The number of hydrogen-bond donors (Lipinski definition) is 1. The number of hydrogen-bond acceptors (Lipinski definition) is 4. The maximum absolute atomic E-state index is 12.0. The van der Waals surface area contributed by atoms with Gasteiger partial charge in [-0.15, -0.1) is 0 Å². The Hall–Kier alpha value is -1.61. The molecular weight excluding hydrogens is 335 g/mol. The number of amides is 1. The largest absolute Gasteiger partial charge is 0.411 e. The molecule has 23 heavy (non-hydrogen) atoms. The van der Waals surface area contributed by atoms with Crippen LogP contribution in [-0.4, -0.2) is 44.7 Å². The molecule has 9 heteroatoms. The van der Waals surface area contributed by atoms with Gasteiger partial charge >= 0.3 is 6.18 Å². The molecule has 0 aromatic heterocycles. The van der Waals surface area contributed by atoms with Crippen molar-refractivity contribution in [2.45, 2.75) is 25.2 Å². The lowest BCUT2D eigenvalue weighted by Crippen LogP contribution is -2.35. The van der Waals surface area contributed by atoms with Gasteiger partial charge in [0.15, 0.2) is 9.84 Å². The van der Waals surface area contributed by atoms with E-state index in [1.807, 2.05) is 0 Å². The van der Waals surface area contributed by atoms with Crippen molar-refractivity contribution >= 4 is 15.7 Å². The van der Waals surface area contributed by atoms with E-state index in [0.717, 1.165) is 0 Å². The summed E-state index contributed by atoms with van der Waals surface area (Å²) in [6.07, 6.45) is -3.99. The van der Waals surface area contributed by atoms with E-state index in [-0.39, 0.29) is 18.1 Å². The van der Waals surface area contributed by atoms with Gasteiger partial charge in [0.25, 0.3) is 5.91 Å². The third kappa shape index (κ3) is 5.83. The van der Waals surface area contributed by atoms with E-state index in [4.69, 9.17) is 0 Å². The van der Waals surface area contributed by atoms with Crippen molar-refractivity contribution in [2.75, 3.05) is 18.1 Å². The van der Waals surface area contributed by atoms with E-state index in [1.165, 1.54) is 24.3 Å². The summed E-state index contributed by atoms with van der Waals surface area (Å²) >= 11 is 0. The van der Waals surface area contributed by atoms with Crippen molar-refractivity contribution in [1.82, 2.24) is 5.32 Å². The lowest BCUT2D eigenvalue weighted by atomic mass is 10.1.